The summed E-state index contributed by atoms with van der Waals surface area (Å²) >= 11 is 0. The zero-order valence-electron chi connectivity index (χ0n) is 22.7. The van der Waals surface area contributed by atoms with Gasteiger partial charge < -0.3 is 24.8 Å². The lowest BCUT2D eigenvalue weighted by Crippen LogP contribution is -2.46. The first kappa shape index (κ1) is 30.5. The largest absolute Gasteiger partial charge is 0.416 e. The number of benzene rings is 3. The van der Waals surface area contributed by atoms with E-state index >= 15 is 0 Å². The van der Waals surface area contributed by atoms with Gasteiger partial charge in [-0.1, -0.05) is 30.3 Å². The Morgan fingerprint density at radius 1 is 0.929 bits per heavy atom. The average Bonchev–Trinajstić information content (AvgIpc) is 3.38. The molecule has 0 bridgehead atoms. The van der Waals surface area contributed by atoms with Gasteiger partial charge in [0, 0.05) is 55.6 Å². The summed E-state index contributed by atoms with van der Waals surface area (Å²) in [5, 5.41) is 3.43. The first-order chi connectivity index (χ1) is 20.0. The van der Waals surface area contributed by atoms with E-state index in [1.54, 1.807) is 0 Å². The highest BCUT2D eigenvalue weighted by molar-refractivity contribution is 5.92. The number of urea groups is 1. The molecule has 4 rings (SSSR count). The second-order valence-corrected chi connectivity index (χ2v) is 9.59. The van der Waals surface area contributed by atoms with Crippen molar-refractivity contribution >= 4 is 28.5 Å². The molecule has 3 amide bonds. The SMILES string of the molecule is COCCN(CC(=O)N(CCc1c[nH]c2ccccc12)Cc1ccc(C(F)(F)F)cc1)C(=O)Nc1ccc(F)c(F)c1. The van der Waals surface area contributed by atoms with Gasteiger partial charge in [-0.15, -0.1) is 0 Å². The summed E-state index contributed by atoms with van der Waals surface area (Å²) in [6, 6.07) is 14.3. The number of carbonyl (C=O) groups excluding carboxylic acids is 2. The van der Waals surface area contributed by atoms with E-state index in [1.807, 2.05) is 30.5 Å². The van der Waals surface area contributed by atoms with E-state index in [9.17, 15) is 31.5 Å². The van der Waals surface area contributed by atoms with E-state index in [2.05, 4.69) is 10.3 Å². The average molecular weight is 589 g/mol. The zero-order valence-corrected chi connectivity index (χ0v) is 22.7. The van der Waals surface area contributed by atoms with Gasteiger partial charge in [0.05, 0.1) is 12.2 Å². The Morgan fingerprint density at radius 3 is 2.36 bits per heavy atom. The van der Waals surface area contributed by atoms with Crippen LogP contribution in [-0.4, -0.2) is 60.1 Å². The first-order valence-corrected chi connectivity index (χ1v) is 13.0. The molecule has 0 atom stereocenters. The lowest BCUT2D eigenvalue weighted by molar-refractivity contribution is -0.137. The molecular weight excluding hydrogens is 559 g/mol. The maximum Gasteiger partial charge on any atom is 0.416 e. The van der Waals surface area contributed by atoms with Crippen LogP contribution in [0.4, 0.5) is 32.4 Å². The molecule has 42 heavy (non-hydrogen) atoms. The molecule has 222 valence electrons. The molecule has 0 aliphatic heterocycles. The van der Waals surface area contributed by atoms with Crippen LogP contribution >= 0.6 is 0 Å². The standard InChI is InChI=1S/C30H29F5N4O3/c1-42-15-14-39(29(41)37-23-10-11-25(31)26(32)16-23)19-28(40)38(18-20-6-8-22(9-7-20)30(33,34)35)13-12-21-17-36-27-5-3-2-4-24(21)27/h2-11,16-17,36H,12-15,18-19H2,1H3,(H,37,41). The highest BCUT2D eigenvalue weighted by atomic mass is 19.4. The number of hydrogen-bond acceptors (Lipinski definition) is 3. The Hall–Kier alpha value is -4.45. The summed E-state index contributed by atoms with van der Waals surface area (Å²) in [4.78, 5) is 32.4. The molecule has 0 saturated carbocycles. The number of aromatic nitrogens is 1. The maximum atomic E-state index is 13.7. The van der Waals surface area contributed by atoms with Crippen LogP contribution in [0, 0.1) is 11.6 Å². The van der Waals surface area contributed by atoms with Crippen molar-refractivity contribution in [2.24, 2.45) is 0 Å². The number of amides is 3. The number of alkyl halides is 3. The Morgan fingerprint density at radius 2 is 1.67 bits per heavy atom. The van der Waals surface area contributed by atoms with Crippen LogP contribution in [-0.2, 0) is 28.7 Å². The number of para-hydroxylation sites is 1. The molecule has 12 heteroatoms. The van der Waals surface area contributed by atoms with Crippen molar-refractivity contribution in [2.75, 3.05) is 38.7 Å². The van der Waals surface area contributed by atoms with E-state index < -0.39 is 41.9 Å². The van der Waals surface area contributed by atoms with E-state index in [1.165, 1.54) is 35.1 Å². The van der Waals surface area contributed by atoms with E-state index in [0.717, 1.165) is 40.7 Å². The number of anilines is 1. The number of nitrogens with zero attached hydrogens (tertiary/aromatic N) is 2. The Labute approximate surface area is 238 Å². The minimum Gasteiger partial charge on any atom is -0.383 e. The maximum absolute atomic E-state index is 13.7. The van der Waals surface area contributed by atoms with E-state index in [0.29, 0.717) is 12.0 Å². The van der Waals surface area contributed by atoms with Crippen LogP contribution in [0.2, 0.25) is 0 Å². The van der Waals surface area contributed by atoms with Crippen molar-refractivity contribution in [3.8, 4) is 0 Å². The Bertz CT molecular complexity index is 1520. The smallest absolute Gasteiger partial charge is 0.383 e. The minimum absolute atomic E-state index is 0.00222. The first-order valence-electron chi connectivity index (χ1n) is 13.0. The quantitative estimate of drug-likeness (QED) is 0.205. The molecule has 0 saturated heterocycles. The molecule has 0 aliphatic rings. The summed E-state index contributed by atoms with van der Waals surface area (Å²) in [6.07, 6.45) is -2.22. The molecule has 1 aromatic heterocycles. The van der Waals surface area contributed by atoms with Gasteiger partial charge in [-0.25, -0.2) is 13.6 Å². The van der Waals surface area contributed by atoms with Crippen LogP contribution in [0.5, 0.6) is 0 Å². The molecule has 0 aliphatic carbocycles. The van der Waals surface area contributed by atoms with Crippen molar-refractivity contribution in [1.82, 2.24) is 14.8 Å². The fourth-order valence-corrected chi connectivity index (χ4v) is 4.40. The fraction of sp³-hybridized carbons (Fsp3) is 0.267. The second-order valence-electron chi connectivity index (χ2n) is 9.59. The number of halogens is 5. The van der Waals surface area contributed by atoms with Crippen molar-refractivity contribution in [3.63, 3.8) is 0 Å². The number of aromatic amines is 1. The third-order valence-corrected chi connectivity index (χ3v) is 6.68. The number of carbonyl (C=O) groups is 2. The molecule has 4 aromatic rings. The summed E-state index contributed by atoms with van der Waals surface area (Å²) < 4.78 is 71.3. The van der Waals surface area contributed by atoms with Gasteiger partial charge in [0.25, 0.3) is 0 Å². The highest BCUT2D eigenvalue weighted by Crippen LogP contribution is 2.29. The highest BCUT2D eigenvalue weighted by Gasteiger charge is 2.30. The zero-order chi connectivity index (χ0) is 30.3. The number of fused-ring (bicyclic) bond motifs is 1. The van der Waals surface area contributed by atoms with Gasteiger partial charge in [0.2, 0.25) is 5.91 Å². The van der Waals surface area contributed by atoms with Gasteiger partial charge in [-0.05, 0) is 47.9 Å². The number of nitrogens with one attached hydrogen (secondary N) is 2. The number of ether oxygens (including phenoxy) is 1. The molecule has 3 aromatic carbocycles. The molecule has 0 fully saturated rings. The third-order valence-electron chi connectivity index (χ3n) is 6.68. The summed E-state index contributed by atoms with van der Waals surface area (Å²) in [7, 11) is 1.42. The van der Waals surface area contributed by atoms with Crippen LogP contribution in [0.3, 0.4) is 0 Å². The number of H-pyrrole nitrogens is 1. The number of methoxy groups -OCH3 is 1. The molecular formula is C30H29F5N4O3. The van der Waals surface area contributed by atoms with Crippen LogP contribution in [0.1, 0.15) is 16.7 Å². The van der Waals surface area contributed by atoms with Crippen molar-refractivity contribution in [2.45, 2.75) is 19.1 Å². The van der Waals surface area contributed by atoms with Gasteiger partial charge in [0.1, 0.15) is 6.54 Å². The lowest BCUT2D eigenvalue weighted by atomic mass is 10.1. The van der Waals surface area contributed by atoms with Gasteiger partial charge in [-0.2, -0.15) is 13.2 Å². The van der Waals surface area contributed by atoms with Crippen LogP contribution < -0.4 is 5.32 Å². The summed E-state index contributed by atoms with van der Waals surface area (Å²) in [6.45, 7) is -0.0821. The molecule has 0 unspecified atom stereocenters. The second kappa shape index (κ2) is 13.5. The minimum atomic E-state index is -4.49. The van der Waals surface area contributed by atoms with E-state index in [-0.39, 0.29) is 31.9 Å². The molecule has 7 nitrogen and oxygen atoms in total. The van der Waals surface area contributed by atoms with E-state index in [4.69, 9.17) is 4.74 Å². The molecule has 0 radical (unpaired) electrons. The van der Waals surface area contributed by atoms with Crippen LogP contribution in [0.15, 0.2) is 72.9 Å². The lowest BCUT2D eigenvalue weighted by Gasteiger charge is -2.28. The molecule has 2 N–H and O–H groups in total. The molecule has 0 spiro atoms. The monoisotopic (exact) mass is 588 g/mol. The molecule has 1 heterocycles. The summed E-state index contributed by atoms with van der Waals surface area (Å²) in [5.74, 6) is -2.69. The number of hydrogen-bond donors (Lipinski definition) is 2. The Kier molecular flexibility index (Phi) is 9.79. The van der Waals surface area contributed by atoms with Crippen molar-refractivity contribution in [1.29, 1.82) is 0 Å². The predicted octanol–water partition coefficient (Wildman–Crippen LogP) is 6.22. The topological polar surface area (TPSA) is 77.7 Å². The van der Waals surface area contributed by atoms with Crippen molar-refractivity contribution < 1.29 is 36.3 Å². The summed E-state index contributed by atoms with van der Waals surface area (Å²) in [5.41, 5.74) is 1.54. The predicted molar refractivity (Wildman–Crippen MR) is 148 cm³/mol. The fourth-order valence-electron chi connectivity index (χ4n) is 4.40. The van der Waals surface area contributed by atoms with Gasteiger partial charge in [0.15, 0.2) is 11.6 Å². The normalized spacial score (nSPS) is 11.5. The van der Waals surface area contributed by atoms with Crippen LogP contribution in [0.25, 0.3) is 10.9 Å². The number of rotatable bonds is 11. The van der Waals surface area contributed by atoms with Crippen molar-refractivity contribution in [3.05, 3.63) is 101 Å². The van der Waals surface area contributed by atoms with Gasteiger partial charge in [-0.3, -0.25) is 4.79 Å². The Balaban J connectivity index is 1.53. The van der Waals surface area contributed by atoms with Gasteiger partial charge >= 0.3 is 12.2 Å². The third kappa shape index (κ3) is 7.84.